The van der Waals surface area contributed by atoms with Gasteiger partial charge in [-0.1, -0.05) is 29.8 Å². The Hall–Kier alpha value is -2.00. The van der Waals surface area contributed by atoms with Crippen molar-refractivity contribution in [2.75, 3.05) is 14.2 Å². The van der Waals surface area contributed by atoms with E-state index >= 15 is 0 Å². The zero-order valence-corrected chi connectivity index (χ0v) is 11.4. The van der Waals surface area contributed by atoms with Gasteiger partial charge < -0.3 is 9.47 Å². The first-order valence-electron chi connectivity index (χ1n) is 5.66. The van der Waals surface area contributed by atoms with Gasteiger partial charge in [0.1, 0.15) is 6.29 Å². The van der Waals surface area contributed by atoms with Crippen LogP contribution in [0.15, 0.2) is 36.4 Å². The standard InChI is InChI=1S/C15H13ClO3/c1-18-14-6-4-11(8-15(14)19-2)12-5-3-10(9-17)7-13(12)16/h3-9H,1-2H3. The minimum Gasteiger partial charge on any atom is -0.493 e. The quantitative estimate of drug-likeness (QED) is 0.796. The summed E-state index contributed by atoms with van der Waals surface area (Å²) in [5, 5.41) is 0.525. The van der Waals surface area contributed by atoms with Crippen LogP contribution in [0.4, 0.5) is 0 Å². The molecule has 0 aliphatic heterocycles. The maximum Gasteiger partial charge on any atom is 0.161 e. The number of halogens is 1. The topological polar surface area (TPSA) is 35.5 Å². The minimum atomic E-state index is 0.525. The molecule has 19 heavy (non-hydrogen) atoms. The summed E-state index contributed by atoms with van der Waals surface area (Å²) in [6, 6.07) is 10.7. The number of methoxy groups -OCH3 is 2. The lowest BCUT2D eigenvalue weighted by Crippen LogP contribution is -1.91. The van der Waals surface area contributed by atoms with Crippen molar-refractivity contribution in [2.24, 2.45) is 0 Å². The molecule has 2 aromatic rings. The molecule has 0 saturated carbocycles. The van der Waals surface area contributed by atoms with E-state index in [-0.39, 0.29) is 0 Å². The van der Waals surface area contributed by atoms with E-state index in [0.717, 1.165) is 17.4 Å². The van der Waals surface area contributed by atoms with E-state index in [1.54, 1.807) is 26.4 Å². The largest absolute Gasteiger partial charge is 0.493 e. The van der Waals surface area contributed by atoms with Crippen LogP contribution in [0.3, 0.4) is 0 Å². The minimum absolute atomic E-state index is 0.525. The van der Waals surface area contributed by atoms with Crippen molar-refractivity contribution >= 4 is 17.9 Å². The average molecular weight is 277 g/mol. The summed E-state index contributed by atoms with van der Waals surface area (Å²) < 4.78 is 10.4. The fourth-order valence-electron chi connectivity index (χ4n) is 1.84. The van der Waals surface area contributed by atoms with E-state index in [4.69, 9.17) is 21.1 Å². The molecule has 0 fully saturated rings. The molecule has 2 rings (SSSR count). The van der Waals surface area contributed by atoms with Crippen molar-refractivity contribution in [3.63, 3.8) is 0 Å². The number of carbonyl (C=O) groups is 1. The lowest BCUT2D eigenvalue weighted by Gasteiger charge is -2.10. The highest BCUT2D eigenvalue weighted by Gasteiger charge is 2.09. The summed E-state index contributed by atoms with van der Waals surface area (Å²) in [5.74, 6) is 1.29. The third-order valence-corrected chi connectivity index (χ3v) is 3.14. The fourth-order valence-corrected chi connectivity index (χ4v) is 2.14. The van der Waals surface area contributed by atoms with Crippen molar-refractivity contribution < 1.29 is 14.3 Å². The first-order valence-corrected chi connectivity index (χ1v) is 6.04. The second-order valence-corrected chi connectivity index (χ2v) is 4.33. The predicted molar refractivity (Wildman–Crippen MR) is 75.4 cm³/mol. The first-order chi connectivity index (χ1) is 9.19. The SMILES string of the molecule is COc1ccc(-c2ccc(C=O)cc2Cl)cc1OC. The molecule has 0 amide bonds. The van der Waals surface area contributed by atoms with Crippen molar-refractivity contribution in [1.82, 2.24) is 0 Å². The molecule has 0 unspecified atom stereocenters. The van der Waals surface area contributed by atoms with Gasteiger partial charge in [-0.05, 0) is 23.8 Å². The Kier molecular flexibility index (Phi) is 4.07. The molecular weight excluding hydrogens is 264 g/mol. The van der Waals surface area contributed by atoms with Crippen LogP contribution in [0.25, 0.3) is 11.1 Å². The Balaban J connectivity index is 2.50. The van der Waals surface area contributed by atoms with Gasteiger partial charge in [-0.15, -0.1) is 0 Å². The summed E-state index contributed by atoms with van der Waals surface area (Å²) in [4.78, 5) is 10.7. The van der Waals surface area contributed by atoms with E-state index < -0.39 is 0 Å². The molecule has 0 N–H and O–H groups in total. The van der Waals surface area contributed by atoms with Crippen LogP contribution >= 0.6 is 11.6 Å². The van der Waals surface area contributed by atoms with Gasteiger partial charge in [0.2, 0.25) is 0 Å². The molecule has 0 bridgehead atoms. The lowest BCUT2D eigenvalue weighted by molar-refractivity contribution is 0.112. The number of hydrogen-bond donors (Lipinski definition) is 0. The zero-order chi connectivity index (χ0) is 13.8. The highest BCUT2D eigenvalue weighted by Crippen LogP contribution is 2.35. The highest BCUT2D eigenvalue weighted by atomic mass is 35.5. The molecule has 0 aliphatic rings. The Labute approximate surface area is 116 Å². The summed E-state index contributed by atoms with van der Waals surface area (Å²) in [6.07, 6.45) is 0.768. The summed E-state index contributed by atoms with van der Waals surface area (Å²) >= 11 is 6.18. The van der Waals surface area contributed by atoms with Gasteiger partial charge >= 0.3 is 0 Å². The highest BCUT2D eigenvalue weighted by molar-refractivity contribution is 6.33. The maximum absolute atomic E-state index is 10.7. The molecule has 2 aromatic carbocycles. The van der Waals surface area contributed by atoms with Crippen LogP contribution in [0.5, 0.6) is 11.5 Å². The van der Waals surface area contributed by atoms with Gasteiger partial charge in [-0.2, -0.15) is 0 Å². The van der Waals surface area contributed by atoms with Gasteiger partial charge in [-0.25, -0.2) is 0 Å². The Morgan fingerprint density at radius 3 is 2.32 bits per heavy atom. The monoisotopic (exact) mass is 276 g/mol. The molecule has 0 aromatic heterocycles. The molecule has 0 atom stereocenters. The fraction of sp³-hybridized carbons (Fsp3) is 0.133. The van der Waals surface area contributed by atoms with Gasteiger partial charge in [0.15, 0.2) is 11.5 Å². The molecule has 0 spiro atoms. The van der Waals surface area contributed by atoms with Crippen LogP contribution < -0.4 is 9.47 Å². The number of aldehydes is 1. The summed E-state index contributed by atoms with van der Waals surface area (Å²) in [6.45, 7) is 0. The van der Waals surface area contributed by atoms with Crippen molar-refractivity contribution in [3.05, 3.63) is 47.0 Å². The summed E-state index contributed by atoms with van der Waals surface area (Å²) in [7, 11) is 3.17. The van der Waals surface area contributed by atoms with Crippen LogP contribution in [0.1, 0.15) is 10.4 Å². The molecule has 0 aliphatic carbocycles. The zero-order valence-electron chi connectivity index (χ0n) is 10.6. The van der Waals surface area contributed by atoms with Gasteiger partial charge in [0.05, 0.1) is 14.2 Å². The predicted octanol–water partition coefficient (Wildman–Crippen LogP) is 3.84. The number of rotatable bonds is 4. The Morgan fingerprint density at radius 1 is 1.00 bits per heavy atom. The second-order valence-electron chi connectivity index (χ2n) is 3.93. The number of benzene rings is 2. The van der Waals surface area contributed by atoms with Crippen LogP contribution in [0.2, 0.25) is 5.02 Å². The van der Waals surface area contributed by atoms with Gasteiger partial charge in [-0.3, -0.25) is 4.79 Å². The third kappa shape index (κ3) is 2.71. The third-order valence-electron chi connectivity index (χ3n) is 2.82. The molecular formula is C15H13ClO3. The smallest absolute Gasteiger partial charge is 0.161 e. The summed E-state index contributed by atoms with van der Waals surface area (Å²) in [5.41, 5.74) is 2.29. The number of carbonyl (C=O) groups excluding carboxylic acids is 1. The average Bonchev–Trinajstić information content (AvgIpc) is 2.46. The molecule has 0 saturated heterocycles. The van der Waals surface area contributed by atoms with Gasteiger partial charge in [0.25, 0.3) is 0 Å². The molecule has 0 radical (unpaired) electrons. The van der Waals surface area contributed by atoms with Crippen molar-refractivity contribution in [3.8, 4) is 22.6 Å². The lowest BCUT2D eigenvalue weighted by atomic mass is 10.0. The van der Waals surface area contributed by atoms with E-state index in [0.29, 0.717) is 22.1 Å². The first kappa shape index (κ1) is 13.4. The van der Waals surface area contributed by atoms with Crippen LogP contribution in [-0.2, 0) is 0 Å². The number of hydrogen-bond acceptors (Lipinski definition) is 3. The maximum atomic E-state index is 10.7. The second kappa shape index (κ2) is 5.76. The van der Waals surface area contributed by atoms with E-state index in [1.807, 2.05) is 24.3 Å². The Morgan fingerprint density at radius 2 is 1.74 bits per heavy atom. The molecule has 0 heterocycles. The molecule has 3 nitrogen and oxygen atoms in total. The van der Waals surface area contributed by atoms with Crippen LogP contribution in [0, 0.1) is 0 Å². The molecule has 4 heteroatoms. The Bertz CT molecular complexity index is 608. The normalized spacial score (nSPS) is 10.1. The van der Waals surface area contributed by atoms with E-state index in [9.17, 15) is 4.79 Å². The van der Waals surface area contributed by atoms with Crippen LogP contribution in [-0.4, -0.2) is 20.5 Å². The number of ether oxygens (including phenoxy) is 2. The van der Waals surface area contributed by atoms with Gasteiger partial charge in [0, 0.05) is 16.1 Å². The van der Waals surface area contributed by atoms with E-state index in [2.05, 4.69) is 0 Å². The van der Waals surface area contributed by atoms with Crippen molar-refractivity contribution in [1.29, 1.82) is 0 Å². The molecule has 98 valence electrons. The van der Waals surface area contributed by atoms with E-state index in [1.165, 1.54) is 0 Å². The van der Waals surface area contributed by atoms with Crippen molar-refractivity contribution in [2.45, 2.75) is 0 Å².